The number of anilines is 1. The molecule has 5 aromatic rings. The number of fused-ring (bicyclic) bond motifs is 4. The van der Waals surface area contributed by atoms with Crippen LogP contribution >= 0.6 is 0 Å². The van der Waals surface area contributed by atoms with Crippen molar-refractivity contribution in [3.8, 4) is 0 Å². The number of rotatable bonds is 14. The number of allylic oxidation sites excluding steroid dienone is 10. The van der Waals surface area contributed by atoms with Gasteiger partial charge in [0.15, 0.2) is 0 Å². The van der Waals surface area contributed by atoms with Crippen molar-refractivity contribution < 1.29 is 17.4 Å². The standard InChI is InChI=1S/C50H48N8.2C2H6.Cr/c1-5-9-13-15-23-31-52-44(28-16-11-7-3)54-49-42-34-38-26-21-22-27-39(38)35-43(42)50(58-49)56-46(30-18-14-10-6-2)53-45(29-17-12-8-4)55-48-41-33-37-25-20-19-24-36(37)32-40(41)47(51)57-48;2*1-2;/h5-11,13,15-22,24-27,29-30,32-35H,3-4,12,14,23,28,31,51H2,1-2H3;2*1-2H3;/q-2;;;+2/b9-5-,10-6-,15-13+,16-11+,29-17+,30-18+;;;. The van der Waals surface area contributed by atoms with Crippen LogP contribution < -0.4 is 10.7 Å². The largest absolute Gasteiger partial charge is 2.00 e. The van der Waals surface area contributed by atoms with Crippen LogP contribution in [0.3, 0.4) is 0 Å². The van der Waals surface area contributed by atoms with Gasteiger partial charge in [0.25, 0.3) is 0 Å². The second-order valence-electron chi connectivity index (χ2n) is 13.3. The van der Waals surface area contributed by atoms with E-state index in [0.717, 1.165) is 49.9 Å². The van der Waals surface area contributed by atoms with Gasteiger partial charge in [-0.3, -0.25) is 4.99 Å². The van der Waals surface area contributed by atoms with Crippen molar-refractivity contribution in [3.63, 3.8) is 0 Å². The summed E-state index contributed by atoms with van der Waals surface area (Å²) in [6.07, 6.45) is 30.0. The minimum atomic E-state index is 0. The quantitative estimate of drug-likeness (QED) is 0.0393. The maximum atomic E-state index is 6.45. The molecular weight excluding hydrogens is 813 g/mol. The molecule has 0 radical (unpaired) electrons. The first-order valence-electron chi connectivity index (χ1n) is 21.5. The van der Waals surface area contributed by atoms with Crippen LogP contribution in [0.25, 0.3) is 37.6 Å². The predicted octanol–water partition coefficient (Wildman–Crippen LogP) is 14.5. The fourth-order valence-corrected chi connectivity index (χ4v) is 6.24. The monoisotopic (exact) mass is 872 g/mol. The topological polar surface area (TPSA) is 116 Å². The molecule has 0 bridgehead atoms. The van der Waals surface area contributed by atoms with Crippen LogP contribution in [0.5, 0.6) is 0 Å². The van der Waals surface area contributed by atoms with E-state index in [-0.39, 0.29) is 17.4 Å². The van der Waals surface area contributed by atoms with Gasteiger partial charge in [0.05, 0.1) is 17.5 Å². The minimum absolute atomic E-state index is 0. The van der Waals surface area contributed by atoms with Gasteiger partial charge < -0.3 is 31.0 Å². The number of benzene rings is 4. The van der Waals surface area contributed by atoms with Crippen molar-refractivity contribution in [1.82, 2.24) is 4.98 Å². The van der Waals surface area contributed by atoms with E-state index in [4.69, 9.17) is 36.0 Å². The molecule has 63 heavy (non-hydrogen) atoms. The summed E-state index contributed by atoms with van der Waals surface area (Å²) in [5.74, 6) is 3.42. The number of nitrogens with two attached hydrogens (primary N) is 1. The third kappa shape index (κ3) is 14.7. The Hall–Kier alpha value is -6.66. The molecule has 4 aromatic carbocycles. The number of aromatic nitrogens is 1. The van der Waals surface area contributed by atoms with Crippen molar-refractivity contribution in [1.29, 1.82) is 0 Å². The van der Waals surface area contributed by atoms with Crippen molar-refractivity contribution in [2.24, 2.45) is 25.0 Å². The molecule has 1 aliphatic heterocycles. The second kappa shape index (κ2) is 28.0. The van der Waals surface area contributed by atoms with Crippen molar-refractivity contribution in [2.45, 2.75) is 67.2 Å². The molecule has 6 rings (SSSR count). The molecule has 1 aliphatic rings. The van der Waals surface area contributed by atoms with Gasteiger partial charge in [0, 0.05) is 36.3 Å². The van der Waals surface area contributed by atoms with E-state index in [2.05, 4.69) is 78.8 Å². The normalized spacial score (nSPS) is 14.7. The van der Waals surface area contributed by atoms with Gasteiger partial charge in [-0.05, 0) is 113 Å². The van der Waals surface area contributed by atoms with Gasteiger partial charge in [-0.15, -0.1) is 6.58 Å². The van der Waals surface area contributed by atoms with Crippen LogP contribution in [-0.2, 0) is 17.4 Å². The van der Waals surface area contributed by atoms with E-state index in [1.54, 1.807) is 6.08 Å². The van der Waals surface area contributed by atoms with Crippen LogP contribution in [-0.4, -0.2) is 35.7 Å². The van der Waals surface area contributed by atoms with Crippen molar-refractivity contribution in [3.05, 3.63) is 187 Å². The molecule has 0 amide bonds. The molecule has 0 fully saturated rings. The minimum Gasteiger partial charge on any atom is -0.455 e. The zero-order chi connectivity index (χ0) is 44.5. The Morgan fingerprint density at radius 1 is 0.667 bits per heavy atom. The summed E-state index contributed by atoms with van der Waals surface area (Å²) >= 11 is 0. The number of nitrogen functional groups attached to an aromatic ring is 1. The molecule has 0 unspecified atom stereocenters. The van der Waals surface area contributed by atoms with Gasteiger partial charge in [0.2, 0.25) is 0 Å². The summed E-state index contributed by atoms with van der Waals surface area (Å²) in [5.41, 5.74) is 8.18. The molecule has 0 atom stereocenters. The Labute approximate surface area is 385 Å². The predicted molar refractivity (Wildman–Crippen MR) is 274 cm³/mol. The number of aliphatic imine (C=N–C) groups is 5. The molecular formula is C54H60CrN8. The Balaban J connectivity index is 0.00000205. The summed E-state index contributed by atoms with van der Waals surface area (Å²) in [7, 11) is 0. The molecule has 322 valence electrons. The summed E-state index contributed by atoms with van der Waals surface area (Å²) in [4.78, 5) is 29.8. The fourth-order valence-electron chi connectivity index (χ4n) is 6.24. The van der Waals surface area contributed by atoms with E-state index in [1.807, 2.05) is 133 Å². The molecule has 2 heterocycles. The van der Waals surface area contributed by atoms with Gasteiger partial charge >= 0.3 is 17.4 Å². The van der Waals surface area contributed by atoms with Crippen molar-refractivity contribution in [2.75, 3.05) is 12.3 Å². The van der Waals surface area contributed by atoms with Crippen LogP contribution in [0.15, 0.2) is 196 Å². The van der Waals surface area contributed by atoms with Crippen LogP contribution in [0.2, 0.25) is 0 Å². The molecule has 0 saturated heterocycles. The van der Waals surface area contributed by atoms with E-state index >= 15 is 0 Å². The maximum absolute atomic E-state index is 6.45. The van der Waals surface area contributed by atoms with E-state index in [1.165, 1.54) is 0 Å². The van der Waals surface area contributed by atoms with Gasteiger partial charge in [0.1, 0.15) is 0 Å². The van der Waals surface area contributed by atoms with Gasteiger partial charge in [-0.1, -0.05) is 156 Å². The molecule has 2 N–H and O–H groups in total. The molecule has 8 nitrogen and oxygen atoms in total. The number of hydrogen-bond acceptors (Lipinski definition) is 3. The second-order valence-corrected chi connectivity index (χ2v) is 13.3. The molecule has 0 aliphatic carbocycles. The fraction of sp³-hybridized carbons (Fsp3) is 0.204. The van der Waals surface area contributed by atoms with Crippen LogP contribution in [0.1, 0.15) is 78.4 Å². The van der Waals surface area contributed by atoms with Crippen LogP contribution in [0.4, 0.5) is 11.6 Å². The summed E-state index contributed by atoms with van der Waals surface area (Å²) in [6, 6.07) is 24.8. The van der Waals surface area contributed by atoms with Crippen LogP contribution in [0, 0.1) is 0 Å². The average molecular weight is 873 g/mol. The van der Waals surface area contributed by atoms with E-state index in [0.29, 0.717) is 66.6 Å². The number of amidine groups is 5. The Morgan fingerprint density at radius 3 is 1.89 bits per heavy atom. The molecule has 1 aromatic heterocycles. The third-order valence-electron chi connectivity index (χ3n) is 9.06. The summed E-state index contributed by atoms with van der Waals surface area (Å²) < 4.78 is 0. The van der Waals surface area contributed by atoms with Gasteiger partial charge in [-0.25, -0.2) is 4.99 Å². The number of nitrogens with zero attached hydrogens (tertiary/aromatic N) is 7. The average Bonchev–Trinajstić information content (AvgIpc) is 3.79. The van der Waals surface area contributed by atoms with Crippen molar-refractivity contribution >= 4 is 73.1 Å². The zero-order valence-electron chi connectivity index (χ0n) is 37.6. The smallest absolute Gasteiger partial charge is 0.455 e. The van der Waals surface area contributed by atoms with Gasteiger partial charge in [-0.2, -0.15) is 0 Å². The molecule has 0 saturated carbocycles. The first kappa shape index (κ1) is 50.7. The van der Waals surface area contributed by atoms with E-state index < -0.39 is 0 Å². The SMILES string of the molecule is C=C/C=C/CC(=NCC/C=C/C=C\C)N=C1[N-]C(=NC(/C=C/C/C=C\C)=N\C(\C=C\CC=C)=N/c2[n-]c(N)c3cc4ccccc4cc23)c2cc3ccccc3cc21.CC.CC.[Cr+2]. The number of hydrogen-bond donors (Lipinski definition) is 1. The first-order valence-corrected chi connectivity index (χ1v) is 21.5. The summed E-state index contributed by atoms with van der Waals surface area (Å²) in [6.45, 7) is 20.3. The van der Waals surface area contributed by atoms with E-state index in [9.17, 15) is 0 Å². The summed E-state index contributed by atoms with van der Waals surface area (Å²) in [5, 5.41) is 11.1. The molecule has 9 heteroatoms. The molecule has 0 spiro atoms. The first-order chi connectivity index (χ1) is 30.5. The maximum Gasteiger partial charge on any atom is 2.00 e. The Bertz CT molecular complexity index is 2640. The Kier molecular flexibility index (Phi) is 22.6. The third-order valence-corrected chi connectivity index (χ3v) is 9.06. The zero-order valence-corrected chi connectivity index (χ0v) is 38.9. The Morgan fingerprint density at radius 2 is 1.27 bits per heavy atom.